The van der Waals surface area contributed by atoms with E-state index in [1.807, 2.05) is 0 Å². The maximum absolute atomic E-state index is 12.9. The molecule has 0 atom stereocenters. The molecule has 2 rings (SSSR count). The van der Waals surface area contributed by atoms with Gasteiger partial charge in [-0.05, 0) is 43.7 Å². The molecule has 1 aromatic carbocycles. The number of halogens is 3. The average molecular weight is 357 g/mol. The zero-order valence-electron chi connectivity index (χ0n) is 14.3. The Hall–Kier alpha value is -2.05. The van der Waals surface area contributed by atoms with Crippen LogP contribution in [0.2, 0.25) is 0 Å². The Morgan fingerprint density at radius 2 is 1.76 bits per heavy atom. The van der Waals surface area contributed by atoms with Gasteiger partial charge in [0.1, 0.15) is 0 Å². The van der Waals surface area contributed by atoms with Gasteiger partial charge in [0.15, 0.2) is 6.61 Å². The Labute approximate surface area is 144 Å². The quantitative estimate of drug-likeness (QED) is 0.768. The van der Waals surface area contributed by atoms with Gasteiger partial charge in [0.25, 0.3) is 5.91 Å². The Bertz CT molecular complexity index is 622. The van der Waals surface area contributed by atoms with Crippen LogP contribution < -0.4 is 0 Å². The molecule has 0 spiro atoms. The van der Waals surface area contributed by atoms with Crippen LogP contribution in [-0.4, -0.2) is 36.5 Å². The third kappa shape index (κ3) is 4.96. The van der Waals surface area contributed by atoms with Crippen LogP contribution in [0.25, 0.3) is 0 Å². The van der Waals surface area contributed by atoms with E-state index in [1.165, 1.54) is 17.0 Å². The first-order chi connectivity index (χ1) is 11.7. The highest BCUT2D eigenvalue weighted by molar-refractivity contribution is 5.93. The average Bonchev–Trinajstić information content (AvgIpc) is 2.58. The summed E-state index contributed by atoms with van der Waals surface area (Å²) in [6.45, 7) is 1.60. The zero-order valence-corrected chi connectivity index (χ0v) is 14.3. The lowest BCUT2D eigenvalue weighted by Gasteiger charge is -2.33. The minimum absolute atomic E-state index is 0.0878. The number of likely N-dealkylation sites (N-methyl/N-ethyl adjacent to an activating group) is 1. The summed E-state index contributed by atoms with van der Waals surface area (Å²) >= 11 is 0. The number of carbonyl (C=O) groups excluding carboxylic acids is 2. The number of benzene rings is 1. The van der Waals surface area contributed by atoms with Crippen LogP contribution >= 0.6 is 0 Å². The molecule has 25 heavy (non-hydrogen) atoms. The molecule has 0 radical (unpaired) electrons. The van der Waals surface area contributed by atoms with Crippen molar-refractivity contribution in [2.75, 3.05) is 13.7 Å². The Balaban J connectivity index is 1.95. The van der Waals surface area contributed by atoms with Crippen molar-refractivity contribution in [2.45, 2.75) is 44.8 Å². The molecule has 0 bridgehead atoms. The zero-order chi connectivity index (χ0) is 18.6. The highest BCUT2D eigenvalue weighted by Crippen LogP contribution is 2.32. The summed E-state index contributed by atoms with van der Waals surface area (Å²) in [7, 11) is 1.64. The molecule has 7 heteroatoms. The van der Waals surface area contributed by atoms with E-state index < -0.39 is 35.8 Å². The van der Waals surface area contributed by atoms with Gasteiger partial charge in [-0.15, -0.1) is 0 Å². The number of amides is 1. The summed E-state index contributed by atoms with van der Waals surface area (Å²) in [5.41, 5.74) is -1.65. The van der Waals surface area contributed by atoms with E-state index in [0.29, 0.717) is 5.92 Å². The maximum atomic E-state index is 12.9. The summed E-state index contributed by atoms with van der Waals surface area (Å²) < 4.78 is 43.6. The van der Waals surface area contributed by atoms with Crippen molar-refractivity contribution >= 4 is 11.9 Å². The van der Waals surface area contributed by atoms with Crippen molar-refractivity contribution in [2.24, 2.45) is 5.92 Å². The molecule has 4 nitrogen and oxygen atoms in total. The summed E-state index contributed by atoms with van der Waals surface area (Å²) in [6, 6.07) is 4.46. The monoisotopic (exact) mass is 357 g/mol. The molecule has 0 unspecified atom stereocenters. The van der Waals surface area contributed by atoms with Gasteiger partial charge < -0.3 is 9.64 Å². The summed E-state index contributed by atoms with van der Waals surface area (Å²) in [4.78, 5) is 25.7. The second-order valence-electron chi connectivity index (χ2n) is 6.54. The Morgan fingerprint density at radius 3 is 2.36 bits per heavy atom. The standard InChI is InChI=1S/C18H22F3NO3/c1-12-7-9-13(10-8-12)22(2)16(23)11-25-17(24)14-5-3-4-6-15(14)18(19,20)21/h3-6,12-13H,7-11H2,1-2H3. The Kier molecular flexibility index (Phi) is 6.08. The van der Waals surface area contributed by atoms with Crippen molar-refractivity contribution in [3.05, 3.63) is 35.4 Å². The van der Waals surface area contributed by atoms with E-state index in [2.05, 4.69) is 6.92 Å². The van der Waals surface area contributed by atoms with Crippen LogP contribution in [0, 0.1) is 5.92 Å². The summed E-state index contributed by atoms with van der Waals surface area (Å²) in [6.07, 6.45) is -0.834. The fourth-order valence-corrected chi connectivity index (χ4v) is 3.05. The highest BCUT2D eigenvalue weighted by Gasteiger charge is 2.35. The molecule has 0 aromatic heterocycles. The van der Waals surface area contributed by atoms with Gasteiger partial charge in [0, 0.05) is 13.1 Å². The second kappa shape index (κ2) is 7.89. The molecule has 0 N–H and O–H groups in total. The van der Waals surface area contributed by atoms with E-state index in [0.717, 1.165) is 37.8 Å². The number of ether oxygens (including phenoxy) is 1. The molecule has 1 saturated carbocycles. The van der Waals surface area contributed by atoms with Gasteiger partial charge in [0.05, 0.1) is 11.1 Å². The Morgan fingerprint density at radius 1 is 1.16 bits per heavy atom. The molecule has 1 aliphatic rings. The molecule has 1 aliphatic carbocycles. The third-order valence-corrected chi connectivity index (χ3v) is 4.71. The van der Waals surface area contributed by atoms with E-state index in [1.54, 1.807) is 7.05 Å². The first-order valence-corrected chi connectivity index (χ1v) is 8.29. The number of nitrogens with zero attached hydrogens (tertiary/aromatic N) is 1. The van der Waals surface area contributed by atoms with Crippen molar-refractivity contribution in [1.29, 1.82) is 0 Å². The molecular weight excluding hydrogens is 335 g/mol. The third-order valence-electron chi connectivity index (χ3n) is 4.71. The van der Waals surface area contributed by atoms with E-state index in [-0.39, 0.29) is 6.04 Å². The maximum Gasteiger partial charge on any atom is 0.417 e. The van der Waals surface area contributed by atoms with Crippen LogP contribution in [0.15, 0.2) is 24.3 Å². The largest absolute Gasteiger partial charge is 0.452 e. The van der Waals surface area contributed by atoms with Crippen LogP contribution in [0.3, 0.4) is 0 Å². The fraction of sp³-hybridized carbons (Fsp3) is 0.556. The predicted molar refractivity (Wildman–Crippen MR) is 85.9 cm³/mol. The number of rotatable bonds is 4. The van der Waals surface area contributed by atoms with Crippen LogP contribution in [0.5, 0.6) is 0 Å². The van der Waals surface area contributed by atoms with Crippen LogP contribution in [0.1, 0.15) is 48.5 Å². The normalized spacial score (nSPS) is 20.8. The number of carbonyl (C=O) groups is 2. The lowest BCUT2D eigenvalue weighted by Crippen LogP contribution is -2.41. The van der Waals surface area contributed by atoms with Crippen molar-refractivity contribution in [3.8, 4) is 0 Å². The number of alkyl halides is 3. The van der Waals surface area contributed by atoms with E-state index in [9.17, 15) is 22.8 Å². The smallest absolute Gasteiger partial charge is 0.417 e. The second-order valence-corrected chi connectivity index (χ2v) is 6.54. The molecule has 1 aromatic rings. The van der Waals surface area contributed by atoms with Gasteiger partial charge in [-0.3, -0.25) is 4.79 Å². The minimum atomic E-state index is -4.66. The summed E-state index contributed by atoms with van der Waals surface area (Å²) in [5.74, 6) is -0.916. The van der Waals surface area contributed by atoms with E-state index >= 15 is 0 Å². The van der Waals surface area contributed by atoms with Crippen molar-refractivity contribution in [1.82, 2.24) is 4.90 Å². The van der Waals surface area contributed by atoms with Crippen LogP contribution in [0.4, 0.5) is 13.2 Å². The highest BCUT2D eigenvalue weighted by atomic mass is 19.4. The van der Waals surface area contributed by atoms with Gasteiger partial charge in [0.2, 0.25) is 0 Å². The molecule has 138 valence electrons. The number of hydrogen-bond donors (Lipinski definition) is 0. The SMILES string of the molecule is CC1CCC(N(C)C(=O)COC(=O)c2ccccc2C(F)(F)F)CC1. The fourth-order valence-electron chi connectivity index (χ4n) is 3.05. The predicted octanol–water partition coefficient (Wildman–Crippen LogP) is 3.90. The first kappa shape index (κ1) is 19.3. The summed E-state index contributed by atoms with van der Waals surface area (Å²) in [5, 5.41) is 0. The lowest BCUT2D eigenvalue weighted by atomic mass is 9.87. The lowest BCUT2D eigenvalue weighted by molar-refractivity contribution is -0.138. The molecule has 0 saturated heterocycles. The molecule has 0 aliphatic heterocycles. The molecule has 0 heterocycles. The molecule has 1 fully saturated rings. The minimum Gasteiger partial charge on any atom is -0.452 e. The molecule has 1 amide bonds. The van der Waals surface area contributed by atoms with Gasteiger partial charge in [-0.1, -0.05) is 19.1 Å². The first-order valence-electron chi connectivity index (χ1n) is 8.29. The van der Waals surface area contributed by atoms with Gasteiger partial charge in [-0.2, -0.15) is 13.2 Å². The van der Waals surface area contributed by atoms with Gasteiger partial charge >= 0.3 is 12.1 Å². The van der Waals surface area contributed by atoms with E-state index in [4.69, 9.17) is 4.74 Å². The van der Waals surface area contributed by atoms with Gasteiger partial charge in [-0.25, -0.2) is 4.79 Å². The van der Waals surface area contributed by atoms with Crippen molar-refractivity contribution in [3.63, 3.8) is 0 Å². The number of hydrogen-bond acceptors (Lipinski definition) is 3. The number of esters is 1. The molecular formula is C18H22F3NO3. The van der Waals surface area contributed by atoms with Crippen molar-refractivity contribution < 1.29 is 27.5 Å². The van der Waals surface area contributed by atoms with Crippen LogP contribution in [-0.2, 0) is 15.7 Å². The topological polar surface area (TPSA) is 46.6 Å².